The molecule has 0 radical (unpaired) electrons. The number of halogens is 2. The molecule has 132 valence electrons. The molecule has 3 nitrogen and oxygen atoms in total. The van der Waals surface area contributed by atoms with Crippen LogP contribution in [0.1, 0.15) is 11.1 Å². The number of nitrogens with zero attached hydrogens (tertiary/aromatic N) is 2. The van der Waals surface area contributed by atoms with Crippen LogP contribution in [-0.2, 0) is 5.75 Å². The number of nitriles is 1. The van der Waals surface area contributed by atoms with Crippen LogP contribution in [0.2, 0.25) is 5.02 Å². The van der Waals surface area contributed by atoms with Crippen molar-refractivity contribution in [3.05, 3.63) is 94.0 Å². The Balaban J connectivity index is 1.83. The maximum Gasteiger partial charge on any atom is 0.205 e. The number of hydrogen-bond acceptors (Lipinski definition) is 3. The number of hydrogen-bond donors (Lipinski definition) is 0. The Kier molecular flexibility index (Phi) is 5.98. The minimum atomic E-state index is -0.630. The molecular formula is C21H12ClFN2OS. The molecule has 0 atom stereocenters. The van der Waals surface area contributed by atoms with Crippen LogP contribution in [0.4, 0.5) is 10.1 Å². The molecule has 0 bridgehead atoms. The van der Waals surface area contributed by atoms with E-state index in [0.29, 0.717) is 10.6 Å². The van der Waals surface area contributed by atoms with E-state index in [1.165, 1.54) is 36.0 Å². The maximum absolute atomic E-state index is 14.6. The van der Waals surface area contributed by atoms with Crippen LogP contribution in [0.15, 0.2) is 65.6 Å². The summed E-state index contributed by atoms with van der Waals surface area (Å²) in [5.74, 6) is 0.134. The molecule has 0 aliphatic rings. The van der Waals surface area contributed by atoms with Gasteiger partial charge in [-0.15, -0.1) is 11.8 Å². The van der Waals surface area contributed by atoms with Crippen molar-refractivity contribution in [3.63, 3.8) is 0 Å². The van der Waals surface area contributed by atoms with Crippen LogP contribution >= 0.6 is 23.4 Å². The molecule has 0 saturated heterocycles. The fourth-order valence-electron chi connectivity index (χ4n) is 2.34. The van der Waals surface area contributed by atoms with Gasteiger partial charge >= 0.3 is 0 Å². The van der Waals surface area contributed by atoms with Gasteiger partial charge in [-0.2, -0.15) is 5.26 Å². The number of benzene rings is 3. The Morgan fingerprint density at radius 1 is 1.15 bits per heavy atom. The van der Waals surface area contributed by atoms with Crippen molar-refractivity contribution >= 4 is 29.1 Å². The Bertz CT molecular complexity index is 1060. The number of rotatable bonds is 5. The van der Waals surface area contributed by atoms with Gasteiger partial charge in [0, 0.05) is 10.6 Å². The molecule has 3 aromatic rings. The smallest absolute Gasteiger partial charge is 0.205 e. The molecule has 0 spiro atoms. The zero-order valence-corrected chi connectivity index (χ0v) is 15.5. The Morgan fingerprint density at radius 2 is 1.93 bits per heavy atom. The van der Waals surface area contributed by atoms with Gasteiger partial charge in [0.05, 0.1) is 17.2 Å². The van der Waals surface area contributed by atoms with E-state index < -0.39 is 5.82 Å². The number of thioether (sulfide) groups is 1. The zero-order valence-electron chi connectivity index (χ0n) is 13.9. The zero-order chi connectivity index (χ0) is 19.2. The minimum absolute atomic E-state index is 0.0935. The largest absolute Gasteiger partial charge is 0.453 e. The van der Waals surface area contributed by atoms with Crippen molar-refractivity contribution in [2.24, 2.45) is 0 Å². The van der Waals surface area contributed by atoms with Gasteiger partial charge in [0.2, 0.25) is 5.69 Å². The molecule has 0 aliphatic heterocycles. The first kappa shape index (κ1) is 18.8. The molecule has 6 heteroatoms. The van der Waals surface area contributed by atoms with Crippen LogP contribution in [-0.4, -0.2) is 0 Å². The van der Waals surface area contributed by atoms with E-state index in [9.17, 15) is 9.65 Å². The Morgan fingerprint density at radius 3 is 2.59 bits per heavy atom. The molecule has 3 rings (SSSR count). The average molecular weight is 395 g/mol. The summed E-state index contributed by atoms with van der Waals surface area (Å²) in [4.78, 5) is 3.90. The first-order valence-corrected chi connectivity index (χ1v) is 9.22. The van der Waals surface area contributed by atoms with E-state index in [0.717, 1.165) is 5.56 Å². The maximum atomic E-state index is 14.6. The van der Waals surface area contributed by atoms with Gasteiger partial charge in [0.25, 0.3) is 0 Å². The standard InChI is InChI=1S/C21H12ClFN2OS/c1-25-20-8-7-16(10-18(20)22)26-21-15(12-24)9-17(11-19(21)23)27-13-14-5-3-2-4-6-14/h2-11H,13H2. The predicted octanol–water partition coefficient (Wildman–Crippen LogP) is 6.99. The second-order valence-corrected chi connectivity index (χ2v) is 6.95. The van der Waals surface area contributed by atoms with Crippen LogP contribution < -0.4 is 4.74 Å². The first-order chi connectivity index (χ1) is 13.1. The third kappa shape index (κ3) is 4.60. The summed E-state index contributed by atoms with van der Waals surface area (Å²) in [7, 11) is 0. The highest BCUT2D eigenvalue weighted by Crippen LogP contribution is 2.36. The summed E-state index contributed by atoms with van der Waals surface area (Å²) in [6, 6.07) is 19.1. The van der Waals surface area contributed by atoms with E-state index in [4.69, 9.17) is 22.9 Å². The van der Waals surface area contributed by atoms with Crippen LogP contribution in [0.3, 0.4) is 0 Å². The van der Waals surface area contributed by atoms with E-state index in [1.807, 2.05) is 36.4 Å². The van der Waals surface area contributed by atoms with Gasteiger partial charge in [-0.1, -0.05) is 48.0 Å². The molecule has 0 aromatic heterocycles. The van der Waals surface area contributed by atoms with Crippen molar-refractivity contribution in [2.75, 3.05) is 0 Å². The fraction of sp³-hybridized carbons (Fsp3) is 0.0476. The Labute approximate surface area is 165 Å². The molecule has 0 aliphatic carbocycles. The van der Waals surface area contributed by atoms with Gasteiger partial charge < -0.3 is 4.74 Å². The quantitative estimate of drug-likeness (QED) is 0.346. The lowest BCUT2D eigenvalue weighted by molar-refractivity contribution is 0.439. The molecule has 0 amide bonds. The van der Waals surface area contributed by atoms with E-state index in [1.54, 1.807) is 6.07 Å². The summed E-state index contributed by atoms with van der Waals surface area (Å²) in [6.45, 7) is 6.99. The molecule has 0 heterocycles. The highest BCUT2D eigenvalue weighted by molar-refractivity contribution is 7.98. The first-order valence-electron chi connectivity index (χ1n) is 7.86. The SMILES string of the molecule is [C-]#[N+]c1ccc(Oc2c(F)cc(SCc3ccccc3)cc2C#N)cc1Cl. The van der Waals surface area contributed by atoms with Gasteiger partial charge in [0.1, 0.15) is 11.8 Å². The fourth-order valence-corrected chi connectivity index (χ4v) is 3.47. The number of ether oxygens (including phenoxy) is 1. The lowest BCUT2D eigenvalue weighted by Gasteiger charge is -2.11. The monoisotopic (exact) mass is 394 g/mol. The second kappa shape index (κ2) is 8.60. The summed E-state index contributed by atoms with van der Waals surface area (Å²) >= 11 is 7.42. The van der Waals surface area contributed by atoms with Crippen LogP contribution in [0, 0.1) is 23.7 Å². The topological polar surface area (TPSA) is 37.4 Å². The summed E-state index contributed by atoms with van der Waals surface area (Å²) in [5, 5.41) is 9.60. The molecule has 0 fully saturated rings. The van der Waals surface area contributed by atoms with Gasteiger partial charge in [-0.05, 0) is 29.8 Å². The Hall–Kier alpha value is -2.99. The van der Waals surface area contributed by atoms with Crippen molar-refractivity contribution in [2.45, 2.75) is 10.6 Å². The molecule has 27 heavy (non-hydrogen) atoms. The summed E-state index contributed by atoms with van der Waals surface area (Å²) in [6.07, 6.45) is 0. The third-order valence-corrected chi connectivity index (χ3v) is 4.99. The van der Waals surface area contributed by atoms with Crippen LogP contribution in [0.5, 0.6) is 11.5 Å². The van der Waals surface area contributed by atoms with E-state index in [-0.39, 0.29) is 27.8 Å². The van der Waals surface area contributed by atoms with E-state index in [2.05, 4.69) is 4.85 Å². The van der Waals surface area contributed by atoms with Crippen molar-refractivity contribution in [1.29, 1.82) is 5.26 Å². The minimum Gasteiger partial charge on any atom is -0.453 e. The summed E-state index contributed by atoms with van der Waals surface area (Å²) < 4.78 is 20.1. The van der Waals surface area contributed by atoms with Crippen molar-refractivity contribution in [3.8, 4) is 17.6 Å². The lowest BCUT2D eigenvalue weighted by atomic mass is 10.2. The van der Waals surface area contributed by atoms with Crippen molar-refractivity contribution in [1.82, 2.24) is 0 Å². The second-order valence-electron chi connectivity index (χ2n) is 5.49. The normalized spacial score (nSPS) is 10.1. The van der Waals surface area contributed by atoms with Gasteiger partial charge in [-0.3, -0.25) is 0 Å². The predicted molar refractivity (Wildman–Crippen MR) is 105 cm³/mol. The highest BCUT2D eigenvalue weighted by Gasteiger charge is 2.15. The lowest BCUT2D eigenvalue weighted by Crippen LogP contribution is -1.94. The molecular weight excluding hydrogens is 383 g/mol. The van der Waals surface area contributed by atoms with E-state index >= 15 is 0 Å². The van der Waals surface area contributed by atoms with Gasteiger partial charge in [-0.25, -0.2) is 9.24 Å². The third-order valence-electron chi connectivity index (χ3n) is 3.65. The molecule has 0 unspecified atom stereocenters. The highest BCUT2D eigenvalue weighted by atomic mass is 35.5. The molecule has 0 N–H and O–H groups in total. The summed E-state index contributed by atoms with van der Waals surface area (Å²) in [5.41, 5.74) is 1.48. The molecule has 0 saturated carbocycles. The van der Waals surface area contributed by atoms with Crippen LogP contribution in [0.25, 0.3) is 4.85 Å². The molecule has 3 aromatic carbocycles. The van der Waals surface area contributed by atoms with Crippen molar-refractivity contribution < 1.29 is 9.13 Å². The average Bonchev–Trinajstić information content (AvgIpc) is 2.69. The van der Waals surface area contributed by atoms with Gasteiger partial charge in [0.15, 0.2) is 11.6 Å².